The average molecular weight is 421 g/mol. The molecular formula is C23H17ClN2O4. The minimum Gasteiger partial charge on any atom is -0.465 e. The van der Waals surface area contributed by atoms with Crippen LogP contribution in [0.25, 0.3) is 17.4 Å². The molecule has 150 valence electrons. The van der Waals surface area contributed by atoms with Crippen molar-refractivity contribution in [1.29, 1.82) is 5.26 Å². The van der Waals surface area contributed by atoms with Crippen LogP contribution in [0.5, 0.6) is 0 Å². The van der Waals surface area contributed by atoms with E-state index in [2.05, 4.69) is 10.1 Å². The monoisotopic (exact) mass is 420 g/mol. The molecule has 0 fully saturated rings. The molecule has 0 saturated heterocycles. The number of methoxy groups -OCH3 is 1. The number of aryl methyl sites for hydroxylation is 1. The van der Waals surface area contributed by atoms with E-state index in [0.29, 0.717) is 27.8 Å². The topological polar surface area (TPSA) is 92.3 Å². The molecule has 3 rings (SSSR count). The molecule has 0 atom stereocenters. The molecule has 30 heavy (non-hydrogen) atoms. The number of halogens is 1. The van der Waals surface area contributed by atoms with Gasteiger partial charge in [0.05, 0.1) is 12.7 Å². The molecular weight excluding hydrogens is 404 g/mol. The Morgan fingerprint density at radius 2 is 1.87 bits per heavy atom. The van der Waals surface area contributed by atoms with Crippen LogP contribution in [-0.2, 0) is 9.53 Å². The molecule has 0 saturated carbocycles. The zero-order chi connectivity index (χ0) is 21.7. The fourth-order valence-corrected chi connectivity index (χ4v) is 2.81. The van der Waals surface area contributed by atoms with Gasteiger partial charge in [-0.3, -0.25) is 4.79 Å². The fourth-order valence-electron chi connectivity index (χ4n) is 2.63. The molecule has 3 aromatic rings. The number of carbonyl (C=O) groups excluding carboxylic acids is 2. The largest absolute Gasteiger partial charge is 0.465 e. The number of ether oxygens (including phenoxy) is 1. The molecule has 0 aliphatic rings. The van der Waals surface area contributed by atoms with Crippen LogP contribution >= 0.6 is 11.6 Å². The number of nitrogens with zero attached hydrogens (tertiary/aromatic N) is 1. The van der Waals surface area contributed by atoms with Crippen LogP contribution in [0, 0.1) is 18.3 Å². The molecule has 0 radical (unpaired) electrons. The van der Waals surface area contributed by atoms with E-state index in [1.54, 1.807) is 54.6 Å². The second kappa shape index (κ2) is 9.12. The first-order valence-corrected chi connectivity index (χ1v) is 9.27. The van der Waals surface area contributed by atoms with Crippen LogP contribution in [0.2, 0.25) is 5.02 Å². The highest BCUT2D eigenvalue weighted by molar-refractivity contribution is 6.31. The zero-order valence-corrected chi connectivity index (χ0v) is 17.0. The zero-order valence-electron chi connectivity index (χ0n) is 16.2. The lowest BCUT2D eigenvalue weighted by molar-refractivity contribution is -0.112. The lowest BCUT2D eigenvalue weighted by Crippen LogP contribution is -2.13. The second-order valence-electron chi connectivity index (χ2n) is 6.36. The number of furan rings is 1. The maximum atomic E-state index is 12.4. The average Bonchev–Trinajstić information content (AvgIpc) is 3.22. The number of amides is 1. The third kappa shape index (κ3) is 4.77. The van der Waals surface area contributed by atoms with Crippen LogP contribution in [0.4, 0.5) is 5.69 Å². The number of nitriles is 1. The van der Waals surface area contributed by atoms with Crippen LogP contribution in [0.3, 0.4) is 0 Å². The van der Waals surface area contributed by atoms with E-state index in [1.807, 2.05) is 13.0 Å². The molecule has 6 nitrogen and oxygen atoms in total. The van der Waals surface area contributed by atoms with E-state index in [1.165, 1.54) is 13.2 Å². The lowest BCUT2D eigenvalue weighted by atomic mass is 10.1. The smallest absolute Gasteiger partial charge is 0.337 e. The molecule has 0 spiro atoms. The minimum atomic E-state index is -0.571. The SMILES string of the molecule is COC(=O)c1ccc(-c2ccc(/C=C(/C#N)C(=O)Nc3ccc(C)c(Cl)c3)o2)cc1. The maximum absolute atomic E-state index is 12.4. The Kier molecular flexibility index (Phi) is 6.35. The van der Waals surface area contributed by atoms with Crippen LogP contribution < -0.4 is 5.32 Å². The summed E-state index contributed by atoms with van der Waals surface area (Å²) < 4.78 is 10.4. The van der Waals surface area contributed by atoms with Gasteiger partial charge in [0.15, 0.2) is 0 Å². The van der Waals surface area contributed by atoms with Crippen molar-refractivity contribution in [2.24, 2.45) is 0 Å². The van der Waals surface area contributed by atoms with Crippen molar-refractivity contribution >= 4 is 35.2 Å². The van der Waals surface area contributed by atoms with Gasteiger partial charge in [0.2, 0.25) is 0 Å². The highest BCUT2D eigenvalue weighted by Crippen LogP contribution is 2.25. The molecule has 1 aromatic heterocycles. The Hall–Kier alpha value is -3.82. The number of hydrogen-bond acceptors (Lipinski definition) is 5. The van der Waals surface area contributed by atoms with E-state index in [4.69, 9.17) is 16.0 Å². The number of benzene rings is 2. The van der Waals surface area contributed by atoms with E-state index < -0.39 is 11.9 Å². The molecule has 2 aromatic carbocycles. The van der Waals surface area contributed by atoms with Crippen molar-refractivity contribution < 1.29 is 18.7 Å². The first kappa shape index (κ1) is 20.9. The number of nitrogens with one attached hydrogen (secondary N) is 1. The normalized spacial score (nSPS) is 10.9. The van der Waals surface area contributed by atoms with E-state index in [0.717, 1.165) is 11.1 Å². The van der Waals surface area contributed by atoms with E-state index in [9.17, 15) is 14.9 Å². The van der Waals surface area contributed by atoms with E-state index >= 15 is 0 Å². The first-order valence-electron chi connectivity index (χ1n) is 8.89. The Labute approximate surface area is 178 Å². The minimum absolute atomic E-state index is 0.117. The van der Waals surface area contributed by atoms with E-state index in [-0.39, 0.29) is 5.57 Å². The predicted octanol–water partition coefficient (Wildman–Crippen LogP) is 5.24. The number of carbonyl (C=O) groups is 2. The van der Waals surface area contributed by atoms with Crippen molar-refractivity contribution in [1.82, 2.24) is 0 Å². The number of esters is 1. The van der Waals surface area contributed by atoms with Gasteiger partial charge >= 0.3 is 5.97 Å². The Balaban J connectivity index is 1.77. The van der Waals surface area contributed by atoms with Crippen LogP contribution in [0.15, 0.2) is 64.6 Å². The molecule has 0 aliphatic carbocycles. The van der Waals surface area contributed by atoms with Crippen molar-refractivity contribution in [3.63, 3.8) is 0 Å². The summed E-state index contributed by atoms with van der Waals surface area (Å²) in [5.74, 6) is -0.127. The first-order chi connectivity index (χ1) is 14.4. The van der Waals surface area contributed by atoms with Crippen molar-refractivity contribution in [2.45, 2.75) is 6.92 Å². The van der Waals surface area contributed by atoms with Crippen LogP contribution in [-0.4, -0.2) is 19.0 Å². The van der Waals surface area contributed by atoms with Gasteiger partial charge in [0.25, 0.3) is 5.91 Å². The van der Waals surface area contributed by atoms with Crippen molar-refractivity contribution in [3.8, 4) is 17.4 Å². The maximum Gasteiger partial charge on any atom is 0.337 e. The molecule has 1 heterocycles. The molecule has 0 bridgehead atoms. The third-order valence-electron chi connectivity index (χ3n) is 4.30. The summed E-state index contributed by atoms with van der Waals surface area (Å²) in [6.45, 7) is 1.85. The van der Waals surface area contributed by atoms with Gasteiger partial charge in [-0.15, -0.1) is 0 Å². The van der Waals surface area contributed by atoms with Gasteiger partial charge in [-0.2, -0.15) is 5.26 Å². The lowest BCUT2D eigenvalue weighted by Gasteiger charge is -2.06. The van der Waals surface area contributed by atoms with Crippen LogP contribution in [0.1, 0.15) is 21.7 Å². The highest BCUT2D eigenvalue weighted by atomic mass is 35.5. The molecule has 0 unspecified atom stereocenters. The van der Waals surface area contributed by atoms with Gasteiger partial charge < -0.3 is 14.5 Å². The van der Waals surface area contributed by atoms with Crippen molar-refractivity contribution in [3.05, 3.63) is 82.1 Å². The molecule has 1 N–H and O–H groups in total. The molecule has 0 aliphatic heterocycles. The fraction of sp³-hybridized carbons (Fsp3) is 0.0870. The summed E-state index contributed by atoms with van der Waals surface area (Å²) in [5, 5.41) is 12.5. The Bertz CT molecular complexity index is 1170. The van der Waals surface area contributed by atoms with Gasteiger partial charge in [0.1, 0.15) is 23.2 Å². The van der Waals surface area contributed by atoms with Gasteiger partial charge in [-0.05, 0) is 48.9 Å². The second-order valence-corrected chi connectivity index (χ2v) is 6.77. The Morgan fingerprint density at radius 1 is 1.13 bits per heavy atom. The van der Waals surface area contributed by atoms with Gasteiger partial charge in [0, 0.05) is 22.3 Å². The summed E-state index contributed by atoms with van der Waals surface area (Å²) in [6, 6.07) is 17.0. The molecule has 1 amide bonds. The standard InChI is InChI=1S/C23H17ClN2O4/c1-14-3-8-18(12-20(14)24)26-22(27)17(13-25)11-19-9-10-21(30-19)15-4-6-16(7-5-15)23(28)29-2/h3-12H,1-2H3,(H,26,27)/b17-11-. The summed E-state index contributed by atoms with van der Waals surface area (Å²) >= 11 is 6.07. The summed E-state index contributed by atoms with van der Waals surface area (Å²) in [5.41, 5.74) is 2.41. The summed E-state index contributed by atoms with van der Waals surface area (Å²) in [4.78, 5) is 23.9. The summed E-state index contributed by atoms with van der Waals surface area (Å²) in [6.07, 6.45) is 1.36. The molecule has 7 heteroatoms. The van der Waals surface area contributed by atoms with Crippen molar-refractivity contribution in [2.75, 3.05) is 12.4 Å². The third-order valence-corrected chi connectivity index (χ3v) is 4.71. The summed E-state index contributed by atoms with van der Waals surface area (Å²) in [7, 11) is 1.32. The number of hydrogen-bond donors (Lipinski definition) is 1. The highest BCUT2D eigenvalue weighted by Gasteiger charge is 2.13. The quantitative estimate of drug-likeness (QED) is 0.346. The number of rotatable bonds is 5. The van der Waals surface area contributed by atoms with Gasteiger partial charge in [-0.25, -0.2) is 4.79 Å². The Morgan fingerprint density at radius 3 is 2.50 bits per heavy atom. The van der Waals surface area contributed by atoms with Gasteiger partial charge in [-0.1, -0.05) is 29.8 Å². The predicted molar refractivity (Wildman–Crippen MR) is 114 cm³/mol. The number of anilines is 1.